The van der Waals surface area contributed by atoms with Crippen molar-refractivity contribution in [1.29, 1.82) is 0 Å². The van der Waals surface area contributed by atoms with Gasteiger partial charge in [-0.3, -0.25) is 4.79 Å². The van der Waals surface area contributed by atoms with E-state index in [9.17, 15) is 4.79 Å². The molecule has 0 bridgehead atoms. The monoisotopic (exact) mass is 420 g/mol. The van der Waals surface area contributed by atoms with Crippen molar-refractivity contribution in [2.75, 3.05) is 18.8 Å². The summed E-state index contributed by atoms with van der Waals surface area (Å²) in [5.74, 6) is 1.18. The Bertz CT molecular complexity index is 554. The standard InChI is InChI=1S/C17H25BrN2OS.ClH/c1-11-8-16(12(2)7-15(11)18)22-10-17(21)20-6-4-5-14(9-20)13(3)19;/h7-8,13-14H,4-6,9-10,19H2,1-3H3;1H. The van der Waals surface area contributed by atoms with Crippen molar-refractivity contribution in [2.45, 2.75) is 44.6 Å². The minimum absolute atomic E-state index is 0. The van der Waals surface area contributed by atoms with Crippen LogP contribution in [0, 0.1) is 19.8 Å². The maximum absolute atomic E-state index is 12.5. The maximum atomic E-state index is 12.5. The van der Waals surface area contributed by atoms with Crippen molar-refractivity contribution in [3.05, 3.63) is 27.7 Å². The molecular formula is C17H26BrClN2OS. The summed E-state index contributed by atoms with van der Waals surface area (Å²) in [5, 5.41) is 0. The Kier molecular flexibility index (Phi) is 8.42. The fraction of sp³-hybridized carbons (Fsp3) is 0.588. The molecule has 0 aliphatic carbocycles. The Morgan fingerprint density at radius 2 is 2.13 bits per heavy atom. The highest BCUT2D eigenvalue weighted by Gasteiger charge is 2.25. The summed E-state index contributed by atoms with van der Waals surface area (Å²) in [4.78, 5) is 15.6. The van der Waals surface area contributed by atoms with Crippen LogP contribution in [-0.2, 0) is 4.79 Å². The molecular weight excluding hydrogens is 396 g/mol. The number of hydrogen-bond donors (Lipinski definition) is 1. The summed E-state index contributed by atoms with van der Waals surface area (Å²) < 4.78 is 1.12. The van der Waals surface area contributed by atoms with E-state index in [4.69, 9.17) is 5.73 Å². The largest absolute Gasteiger partial charge is 0.342 e. The number of piperidine rings is 1. The lowest BCUT2D eigenvalue weighted by atomic mass is 9.92. The highest BCUT2D eigenvalue weighted by atomic mass is 79.9. The van der Waals surface area contributed by atoms with Gasteiger partial charge in [0.25, 0.3) is 0 Å². The molecule has 0 saturated carbocycles. The molecule has 1 aliphatic heterocycles. The van der Waals surface area contributed by atoms with Crippen LogP contribution in [-0.4, -0.2) is 35.7 Å². The predicted octanol–water partition coefficient (Wildman–Crippen LogP) is 4.17. The van der Waals surface area contributed by atoms with E-state index in [0.717, 1.165) is 30.4 Å². The molecule has 1 fully saturated rings. The van der Waals surface area contributed by atoms with Gasteiger partial charge in [0, 0.05) is 28.5 Å². The summed E-state index contributed by atoms with van der Waals surface area (Å²) in [6.07, 6.45) is 2.21. The van der Waals surface area contributed by atoms with E-state index in [1.165, 1.54) is 16.0 Å². The number of likely N-dealkylation sites (tertiary alicyclic amines) is 1. The van der Waals surface area contributed by atoms with Crippen LogP contribution < -0.4 is 5.73 Å². The molecule has 23 heavy (non-hydrogen) atoms. The molecule has 0 radical (unpaired) electrons. The molecule has 1 heterocycles. The lowest BCUT2D eigenvalue weighted by Gasteiger charge is -2.34. The van der Waals surface area contributed by atoms with Gasteiger partial charge in [-0.1, -0.05) is 15.9 Å². The number of rotatable bonds is 4. The van der Waals surface area contributed by atoms with Crippen LogP contribution in [0.4, 0.5) is 0 Å². The molecule has 1 aromatic rings. The smallest absolute Gasteiger partial charge is 0.232 e. The van der Waals surface area contributed by atoms with Gasteiger partial charge < -0.3 is 10.6 Å². The fourth-order valence-corrected chi connectivity index (χ4v) is 4.27. The average Bonchev–Trinajstić information content (AvgIpc) is 2.49. The van der Waals surface area contributed by atoms with Crippen LogP contribution in [0.15, 0.2) is 21.5 Å². The molecule has 1 saturated heterocycles. The van der Waals surface area contributed by atoms with Gasteiger partial charge in [0.05, 0.1) is 5.75 Å². The van der Waals surface area contributed by atoms with Crippen molar-refractivity contribution < 1.29 is 4.79 Å². The summed E-state index contributed by atoms with van der Waals surface area (Å²) >= 11 is 5.18. The van der Waals surface area contributed by atoms with E-state index in [1.54, 1.807) is 11.8 Å². The maximum Gasteiger partial charge on any atom is 0.232 e. The molecule has 2 rings (SSSR count). The molecule has 6 heteroatoms. The summed E-state index contributed by atoms with van der Waals surface area (Å²) in [7, 11) is 0. The number of aryl methyl sites for hydroxylation is 2. The summed E-state index contributed by atoms with van der Waals surface area (Å²) in [6.45, 7) is 7.90. The third kappa shape index (κ3) is 5.66. The van der Waals surface area contributed by atoms with E-state index in [2.05, 4.69) is 41.9 Å². The Hall–Kier alpha value is -0.230. The molecule has 2 N–H and O–H groups in total. The Morgan fingerprint density at radius 1 is 1.43 bits per heavy atom. The van der Waals surface area contributed by atoms with E-state index in [0.29, 0.717) is 11.7 Å². The predicted molar refractivity (Wildman–Crippen MR) is 105 cm³/mol. The third-order valence-electron chi connectivity index (χ3n) is 4.36. The minimum Gasteiger partial charge on any atom is -0.342 e. The van der Waals surface area contributed by atoms with Crippen molar-refractivity contribution >= 4 is 46.0 Å². The first-order valence-electron chi connectivity index (χ1n) is 7.81. The first kappa shape index (κ1) is 20.8. The van der Waals surface area contributed by atoms with E-state index >= 15 is 0 Å². The minimum atomic E-state index is 0. The molecule has 2 atom stereocenters. The number of benzene rings is 1. The normalized spacial score (nSPS) is 19.2. The molecule has 1 amide bonds. The zero-order valence-electron chi connectivity index (χ0n) is 14.0. The Morgan fingerprint density at radius 3 is 2.78 bits per heavy atom. The molecule has 1 aliphatic rings. The molecule has 130 valence electrons. The second-order valence-corrected chi connectivity index (χ2v) is 8.13. The number of halogens is 2. The quantitative estimate of drug-likeness (QED) is 0.742. The Balaban J connectivity index is 0.00000264. The molecule has 0 spiro atoms. The van der Waals surface area contributed by atoms with E-state index < -0.39 is 0 Å². The van der Waals surface area contributed by atoms with Gasteiger partial charge in [-0.05, 0) is 62.8 Å². The van der Waals surface area contributed by atoms with Crippen LogP contribution >= 0.6 is 40.1 Å². The number of carbonyl (C=O) groups excluding carboxylic acids is 1. The number of carbonyl (C=O) groups is 1. The van der Waals surface area contributed by atoms with Gasteiger partial charge >= 0.3 is 0 Å². The van der Waals surface area contributed by atoms with Crippen LogP contribution in [0.1, 0.15) is 30.9 Å². The first-order valence-corrected chi connectivity index (χ1v) is 9.59. The van der Waals surface area contributed by atoms with Gasteiger partial charge in [0.15, 0.2) is 0 Å². The SMILES string of the molecule is Cc1cc(SCC(=O)N2CCCC(C(C)N)C2)c(C)cc1Br.Cl. The fourth-order valence-electron chi connectivity index (χ4n) is 2.81. The lowest BCUT2D eigenvalue weighted by molar-refractivity contribution is -0.130. The lowest BCUT2D eigenvalue weighted by Crippen LogP contribution is -2.45. The second-order valence-electron chi connectivity index (χ2n) is 6.26. The van der Waals surface area contributed by atoms with Crippen molar-refractivity contribution in [3.63, 3.8) is 0 Å². The van der Waals surface area contributed by atoms with Crippen molar-refractivity contribution in [3.8, 4) is 0 Å². The highest BCUT2D eigenvalue weighted by molar-refractivity contribution is 9.10. The number of hydrogen-bond acceptors (Lipinski definition) is 3. The molecule has 2 unspecified atom stereocenters. The van der Waals surface area contributed by atoms with Crippen LogP contribution in [0.3, 0.4) is 0 Å². The summed E-state index contributed by atoms with van der Waals surface area (Å²) in [6, 6.07) is 4.44. The van der Waals surface area contributed by atoms with Gasteiger partial charge in [-0.15, -0.1) is 24.2 Å². The van der Waals surface area contributed by atoms with Crippen LogP contribution in [0.25, 0.3) is 0 Å². The number of nitrogens with two attached hydrogens (primary N) is 1. The molecule has 1 aromatic carbocycles. The zero-order valence-corrected chi connectivity index (χ0v) is 17.2. The van der Waals surface area contributed by atoms with Crippen molar-refractivity contribution in [2.24, 2.45) is 11.7 Å². The van der Waals surface area contributed by atoms with Gasteiger partial charge in [0.1, 0.15) is 0 Å². The summed E-state index contributed by atoms with van der Waals surface area (Å²) in [5.41, 5.74) is 8.41. The van der Waals surface area contributed by atoms with Crippen LogP contribution in [0.5, 0.6) is 0 Å². The molecule has 0 aromatic heterocycles. The number of amides is 1. The molecule has 3 nitrogen and oxygen atoms in total. The third-order valence-corrected chi connectivity index (χ3v) is 6.36. The van der Waals surface area contributed by atoms with E-state index in [1.807, 2.05) is 11.8 Å². The zero-order chi connectivity index (χ0) is 16.3. The average molecular weight is 422 g/mol. The van der Waals surface area contributed by atoms with Crippen LogP contribution in [0.2, 0.25) is 0 Å². The van der Waals surface area contributed by atoms with Gasteiger partial charge in [-0.25, -0.2) is 0 Å². The highest BCUT2D eigenvalue weighted by Crippen LogP contribution is 2.29. The first-order chi connectivity index (χ1) is 10.4. The van der Waals surface area contributed by atoms with Gasteiger partial charge in [-0.2, -0.15) is 0 Å². The number of thioether (sulfide) groups is 1. The number of nitrogens with zero attached hydrogens (tertiary/aromatic N) is 1. The van der Waals surface area contributed by atoms with E-state index in [-0.39, 0.29) is 24.4 Å². The topological polar surface area (TPSA) is 46.3 Å². The second kappa shape index (κ2) is 9.30. The Labute approximate surface area is 158 Å². The van der Waals surface area contributed by atoms with Crippen molar-refractivity contribution in [1.82, 2.24) is 4.90 Å². The van der Waals surface area contributed by atoms with Gasteiger partial charge in [0.2, 0.25) is 5.91 Å².